The number of hydrogen-bond acceptors (Lipinski definition) is 4. The molecule has 1 unspecified atom stereocenters. The van der Waals surface area contributed by atoms with Crippen molar-refractivity contribution in [2.24, 2.45) is 0 Å². The molecule has 1 heterocycles. The van der Waals surface area contributed by atoms with Crippen molar-refractivity contribution in [2.75, 3.05) is 26.4 Å². The summed E-state index contributed by atoms with van der Waals surface area (Å²) in [5, 5.41) is 13.3. The molecular formula is C16H25NO3. The Labute approximate surface area is 121 Å². The predicted octanol–water partition coefficient (Wildman–Crippen LogP) is 1.81. The molecule has 4 nitrogen and oxygen atoms in total. The van der Waals surface area contributed by atoms with Crippen LogP contribution in [0.15, 0.2) is 18.2 Å². The lowest BCUT2D eigenvalue weighted by Gasteiger charge is -2.24. The highest BCUT2D eigenvalue weighted by Crippen LogP contribution is 2.18. The molecule has 112 valence electrons. The van der Waals surface area contributed by atoms with Crippen LogP contribution in [0.2, 0.25) is 0 Å². The van der Waals surface area contributed by atoms with Gasteiger partial charge in [-0.2, -0.15) is 0 Å². The van der Waals surface area contributed by atoms with Crippen LogP contribution < -0.4 is 10.1 Å². The van der Waals surface area contributed by atoms with E-state index in [-0.39, 0.29) is 0 Å². The fourth-order valence-electron chi connectivity index (χ4n) is 2.41. The lowest BCUT2D eigenvalue weighted by Crippen LogP contribution is -2.40. The topological polar surface area (TPSA) is 50.7 Å². The van der Waals surface area contributed by atoms with E-state index in [0.717, 1.165) is 37.4 Å². The van der Waals surface area contributed by atoms with Crippen LogP contribution in [0.4, 0.5) is 0 Å². The molecular weight excluding hydrogens is 254 g/mol. The van der Waals surface area contributed by atoms with Gasteiger partial charge < -0.3 is 19.9 Å². The Morgan fingerprint density at radius 2 is 2.10 bits per heavy atom. The van der Waals surface area contributed by atoms with Gasteiger partial charge in [0.1, 0.15) is 18.5 Å². The molecule has 1 aliphatic rings. The normalized spacial score (nSPS) is 17.9. The maximum absolute atomic E-state index is 9.97. The minimum absolute atomic E-state index is 0.320. The molecule has 0 amide bonds. The lowest BCUT2D eigenvalue weighted by molar-refractivity contribution is 0.0654. The number of aliphatic hydroxyl groups is 1. The first-order valence-electron chi connectivity index (χ1n) is 7.34. The average Bonchev–Trinajstić information content (AvgIpc) is 2.45. The molecule has 1 aromatic carbocycles. The highest BCUT2D eigenvalue weighted by Gasteiger charge is 2.15. The summed E-state index contributed by atoms with van der Waals surface area (Å²) in [6.45, 7) is 6.59. The van der Waals surface area contributed by atoms with Crippen LogP contribution in [0.1, 0.15) is 24.0 Å². The van der Waals surface area contributed by atoms with Gasteiger partial charge in [-0.25, -0.2) is 0 Å². The third-order valence-corrected chi connectivity index (χ3v) is 3.63. The number of benzene rings is 1. The van der Waals surface area contributed by atoms with Gasteiger partial charge in [0.05, 0.1) is 0 Å². The van der Waals surface area contributed by atoms with Gasteiger partial charge in [-0.1, -0.05) is 17.7 Å². The summed E-state index contributed by atoms with van der Waals surface area (Å²) in [5.41, 5.74) is 2.33. The quantitative estimate of drug-likeness (QED) is 0.834. The molecule has 1 saturated heterocycles. The molecule has 0 aromatic heterocycles. The van der Waals surface area contributed by atoms with Crippen molar-refractivity contribution in [1.29, 1.82) is 0 Å². The van der Waals surface area contributed by atoms with Crippen LogP contribution in [-0.4, -0.2) is 43.6 Å². The smallest absolute Gasteiger partial charge is 0.122 e. The van der Waals surface area contributed by atoms with Crippen LogP contribution in [0.25, 0.3) is 0 Å². The third kappa shape index (κ3) is 4.78. The Morgan fingerprint density at radius 1 is 1.35 bits per heavy atom. The second kappa shape index (κ2) is 7.62. The van der Waals surface area contributed by atoms with Gasteiger partial charge in [0.15, 0.2) is 0 Å². The second-order valence-electron chi connectivity index (χ2n) is 5.53. The number of nitrogens with one attached hydrogen (secondary N) is 1. The Hall–Kier alpha value is -1.10. The lowest BCUT2D eigenvalue weighted by atomic mass is 10.1. The summed E-state index contributed by atoms with van der Waals surface area (Å²) >= 11 is 0. The molecule has 2 rings (SSSR count). The van der Waals surface area contributed by atoms with E-state index in [1.165, 1.54) is 5.56 Å². The summed E-state index contributed by atoms with van der Waals surface area (Å²) < 4.78 is 11.0. The van der Waals surface area contributed by atoms with Crippen molar-refractivity contribution < 1.29 is 14.6 Å². The van der Waals surface area contributed by atoms with Crippen LogP contribution >= 0.6 is 0 Å². The molecule has 1 fully saturated rings. The molecule has 1 atom stereocenters. The average molecular weight is 279 g/mol. The zero-order valence-corrected chi connectivity index (χ0v) is 12.4. The molecule has 0 aliphatic carbocycles. The molecule has 1 aliphatic heterocycles. The Bertz CT molecular complexity index is 416. The van der Waals surface area contributed by atoms with Crippen LogP contribution in [0.3, 0.4) is 0 Å². The monoisotopic (exact) mass is 279 g/mol. The van der Waals surface area contributed by atoms with E-state index in [4.69, 9.17) is 9.47 Å². The molecule has 1 aromatic rings. The fraction of sp³-hybridized carbons (Fsp3) is 0.625. The first kappa shape index (κ1) is 15.3. The number of hydrogen-bond donors (Lipinski definition) is 2. The van der Waals surface area contributed by atoms with Gasteiger partial charge >= 0.3 is 0 Å². The molecule has 0 spiro atoms. The van der Waals surface area contributed by atoms with E-state index in [9.17, 15) is 5.11 Å². The minimum atomic E-state index is -0.487. The van der Waals surface area contributed by atoms with Crippen molar-refractivity contribution in [3.05, 3.63) is 29.3 Å². The summed E-state index contributed by atoms with van der Waals surface area (Å²) in [4.78, 5) is 0. The predicted molar refractivity (Wildman–Crippen MR) is 79.3 cm³/mol. The Kier molecular flexibility index (Phi) is 5.83. The summed E-state index contributed by atoms with van der Waals surface area (Å²) in [6.07, 6.45) is 1.55. The molecule has 0 saturated carbocycles. The van der Waals surface area contributed by atoms with Crippen LogP contribution in [0.5, 0.6) is 5.75 Å². The first-order chi connectivity index (χ1) is 9.65. The van der Waals surface area contributed by atoms with Gasteiger partial charge in [-0.05, 0) is 38.3 Å². The van der Waals surface area contributed by atoms with Gasteiger partial charge in [-0.15, -0.1) is 0 Å². The highest BCUT2D eigenvalue weighted by atomic mass is 16.5. The van der Waals surface area contributed by atoms with Crippen LogP contribution in [-0.2, 0) is 4.74 Å². The van der Waals surface area contributed by atoms with E-state index in [2.05, 4.69) is 18.3 Å². The number of aliphatic hydroxyl groups excluding tert-OH is 1. The standard InChI is InChI=1S/C16H25NO3/c1-12-3-4-16(13(2)9-12)20-11-15(18)10-17-14-5-7-19-8-6-14/h3-4,9,14-15,17-18H,5-8,10-11H2,1-2H3. The Balaban J connectivity index is 1.70. The zero-order chi connectivity index (χ0) is 14.4. The van der Waals surface area contributed by atoms with E-state index in [0.29, 0.717) is 19.2 Å². The van der Waals surface area contributed by atoms with E-state index in [1.807, 2.05) is 19.1 Å². The van der Waals surface area contributed by atoms with E-state index in [1.54, 1.807) is 0 Å². The number of aryl methyl sites for hydroxylation is 2. The third-order valence-electron chi connectivity index (χ3n) is 3.63. The Morgan fingerprint density at radius 3 is 2.80 bits per heavy atom. The van der Waals surface area contributed by atoms with Gasteiger partial charge in [0.2, 0.25) is 0 Å². The number of rotatable bonds is 6. The molecule has 2 N–H and O–H groups in total. The molecule has 4 heteroatoms. The van der Waals surface area contributed by atoms with Crippen molar-refractivity contribution in [3.63, 3.8) is 0 Å². The maximum atomic E-state index is 9.97. The van der Waals surface area contributed by atoms with E-state index < -0.39 is 6.10 Å². The van der Waals surface area contributed by atoms with Crippen molar-refractivity contribution in [1.82, 2.24) is 5.32 Å². The van der Waals surface area contributed by atoms with E-state index >= 15 is 0 Å². The SMILES string of the molecule is Cc1ccc(OCC(O)CNC2CCOCC2)c(C)c1. The molecule has 0 radical (unpaired) electrons. The zero-order valence-electron chi connectivity index (χ0n) is 12.4. The molecule has 0 bridgehead atoms. The maximum Gasteiger partial charge on any atom is 0.122 e. The highest BCUT2D eigenvalue weighted by molar-refractivity contribution is 5.35. The summed E-state index contributed by atoms with van der Waals surface area (Å²) in [7, 11) is 0. The van der Waals surface area contributed by atoms with Crippen molar-refractivity contribution >= 4 is 0 Å². The summed E-state index contributed by atoms with van der Waals surface area (Å²) in [6, 6.07) is 6.53. The number of ether oxygens (including phenoxy) is 2. The largest absolute Gasteiger partial charge is 0.491 e. The first-order valence-corrected chi connectivity index (χ1v) is 7.34. The van der Waals surface area contributed by atoms with Gasteiger partial charge in [0, 0.05) is 25.8 Å². The van der Waals surface area contributed by atoms with Crippen molar-refractivity contribution in [2.45, 2.75) is 38.8 Å². The summed E-state index contributed by atoms with van der Waals surface area (Å²) in [5.74, 6) is 0.848. The van der Waals surface area contributed by atoms with Crippen molar-refractivity contribution in [3.8, 4) is 5.75 Å². The molecule has 20 heavy (non-hydrogen) atoms. The fourth-order valence-corrected chi connectivity index (χ4v) is 2.41. The van der Waals surface area contributed by atoms with Gasteiger partial charge in [0.25, 0.3) is 0 Å². The second-order valence-corrected chi connectivity index (χ2v) is 5.53. The van der Waals surface area contributed by atoms with Gasteiger partial charge in [-0.3, -0.25) is 0 Å². The minimum Gasteiger partial charge on any atom is -0.491 e. The van der Waals surface area contributed by atoms with Crippen LogP contribution in [0, 0.1) is 13.8 Å².